The maximum atomic E-state index is 12.9. The second kappa shape index (κ2) is 7.73. The Morgan fingerprint density at radius 1 is 1.04 bits per heavy atom. The first kappa shape index (κ1) is 18.6. The Hall–Kier alpha value is -2.71. The van der Waals surface area contributed by atoms with Gasteiger partial charge in [-0.25, -0.2) is 4.98 Å². The topological polar surface area (TPSA) is 82.7 Å². The summed E-state index contributed by atoms with van der Waals surface area (Å²) in [6, 6.07) is 12.1. The van der Waals surface area contributed by atoms with Gasteiger partial charge in [-0.2, -0.15) is 4.68 Å². The largest absolute Gasteiger partial charge is 0.287 e. The van der Waals surface area contributed by atoms with E-state index < -0.39 is 0 Å². The normalized spacial score (nSPS) is 11.4. The molecule has 0 fully saturated rings. The van der Waals surface area contributed by atoms with Crippen LogP contribution in [0.2, 0.25) is 5.02 Å². The molecule has 0 saturated carbocycles. The summed E-state index contributed by atoms with van der Waals surface area (Å²) < 4.78 is 2.90. The maximum Gasteiger partial charge on any atom is 0.278 e. The van der Waals surface area contributed by atoms with Gasteiger partial charge in [-0.05, 0) is 36.8 Å². The first-order valence-corrected chi connectivity index (χ1v) is 10.1. The van der Waals surface area contributed by atoms with Crippen LogP contribution in [0, 0.1) is 0 Å². The third-order valence-corrected chi connectivity index (χ3v) is 5.45. The van der Waals surface area contributed by atoms with E-state index in [-0.39, 0.29) is 17.0 Å². The summed E-state index contributed by atoms with van der Waals surface area (Å²) in [5.74, 6) is 0.193. The molecule has 0 atom stereocenters. The molecular weight excluding hydrogens is 398 g/mol. The van der Waals surface area contributed by atoms with Crippen LogP contribution in [0.15, 0.2) is 57.2 Å². The number of hydrogen-bond donors (Lipinski definition) is 0. The Labute approximate surface area is 169 Å². The first-order valence-electron chi connectivity index (χ1n) is 8.74. The second-order valence-corrected chi connectivity index (χ2v) is 7.55. The fourth-order valence-electron chi connectivity index (χ4n) is 2.93. The minimum Gasteiger partial charge on any atom is -0.287 e. The van der Waals surface area contributed by atoms with Crippen LogP contribution in [0.25, 0.3) is 21.8 Å². The summed E-state index contributed by atoms with van der Waals surface area (Å²) in [6.07, 6.45) is 0.782. The lowest BCUT2D eigenvalue weighted by Crippen LogP contribution is -2.25. The molecule has 0 N–H and O–H groups in total. The van der Waals surface area contributed by atoms with E-state index in [9.17, 15) is 9.59 Å². The minimum atomic E-state index is -0.230. The van der Waals surface area contributed by atoms with Gasteiger partial charge in [-0.3, -0.25) is 14.2 Å². The van der Waals surface area contributed by atoms with E-state index in [0.29, 0.717) is 38.5 Å². The van der Waals surface area contributed by atoms with Crippen LogP contribution in [0.3, 0.4) is 0 Å². The van der Waals surface area contributed by atoms with Crippen molar-refractivity contribution in [3.8, 4) is 0 Å². The lowest BCUT2D eigenvalue weighted by Gasteiger charge is -2.12. The van der Waals surface area contributed by atoms with Crippen LogP contribution < -0.4 is 11.1 Å². The van der Waals surface area contributed by atoms with Crippen molar-refractivity contribution in [2.45, 2.75) is 30.9 Å². The van der Waals surface area contributed by atoms with Crippen LogP contribution in [-0.2, 0) is 12.4 Å². The maximum absolute atomic E-state index is 12.9. The molecule has 0 amide bonds. The molecule has 0 saturated heterocycles. The monoisotopic (exact) mass is 413 g/mol. The summed E-state index contributed by atoms with van der Waals surface area (Å²) in [7, 11) is 0. The highest BCUT2D eigenvalue weighted by molar-refractivity contribution is 7.98. The highest BCUT2D eigenvalue weighted by Gasteiger charge is 2.13. The lowest BCUT2D eigenvalue weighted by atomic mass is 10.2. The van der Waals surface area contributed by atoms with Crippen molar-refractivity contribution in [1.29, 1.82) is 0 Å². The molecule has 9 heteroatoms. The van der Waals surface area contributed by atoms with E-state index in [1.165, 1.54) is 16.4 Å². The van der Waals surface area contributed by atoms with Crippen molar-refractivity contribution in [1.82, 2.24) is 24.5 Å². The van der Waals surface area contributed by atoms with Crippen LogP contribution in [-0.4, -0.2) is 24.5 Å². The van der Waals surface area contributed by atoms with Gasteiger partial charge < -0.3 is 0 Å². The predicted molar refractivity (Wildman–Crippen MR) is 111 cm³/mol. The summed E-state index contributed by atoms with van der Waals surface area (Å²) in [6.45, 7) is 2.53. The van der Waals surface area contributed by atoms with Gasteiger partial charge in [0.15, 0.2) is 5.16 Å². The number of aromatic nitrogens is 5. The van der Waals surface area contributed by atoms with Crippen LogP contribution >= 0.6 is 23.4 Å². The van der Waals surface area contributed by atoms with Gasteiger partial charge in [0.05, 0.1) is 22.2 Å². The average Bonchev–Trinajstić information content (AvgIpc) is 2.70. The standard InChI is InChI=1S/C19H16ClN5O2S/c1-2-9-24-17(26)14-8-7-12(20)10-16(14)21-19(24)28-11-25-18(27)13-5-3-4-6-15(13)22-23-25/h3-8,10H,2,9,11H2,1H3. The molecule has 0 unspecified atom stereocenters. The Morgan fingerprint density at radius 2 is 1.82 bits per heavy atom. The smallest absolute Gasteiger partial charge is 0.278 e. The van der Waals surface area contributed by atoms with Crippen LogP contribution in [0.5, 0.6) is 0 Å². The van der Waals surface area contributed by atoms with Gasteiger partial charge in [0.1, 0.15) is 5.52 Å². The zero-order valence-electron chi connectivity index (χ0n) is 15.0. The van der Waals surface area contributed by atoms with Gasteiger partial charge in [0.2, 0.25) is 0 Å². The van der Waals surface area contributed by atoms with Gasteiger partial charge in [-0.15, -0.1) is 5.10 Å². The summed E-state index contributed by atoms with van der Waals surface area (Å²) in [5, 5.41) is 10.1. The van der Waals surface area contributed by atoms with E-state index >= 15 is 0 Å². The molecule has 0 radical (unpaired) electrons. The molecule has 0 spiro atoms. The van der Waals surface area contributed by atoms with E-state index in [1.807, 2.05) is 13.0 Å². The second-order valence-electron chi connectivity index (χ2n) is 6.20. The number of nitrogens with zero attached hydrogens (tertiary/aromatic N) is 5. The average molecular weight is 414 g/mol. The first-order chi connectivity index (χ1) is 13.6. The Kier molecular flexibility index (Phi) is 5.15. The molecule has 28 heavy (non-hydrogen) atoms. The van der Waals surface area contributed by atoms with Gasteiger partial charge in [-0.1, -0.05) is 47.6 Å². The van der Waals surface area contributed by atoms with Crippen molar-refractivity contribution in [2.75, 3.05) is 0 Å². The zero-order chi connectivity index (χ0) is 19.7. The van der Waals surface area contributed by atoms with Gasteiger partial charge in [0.25, 0.3) is 11.1 Å². The summed E-state index contributed by atoms with van der Waals surface area (Å²) in [5.41, 5.74) is 0.730. The number of fused-ring (bicyclic) bond motifs is 2. The third-order valence-electron chi connectivity index (χ3n) is 4.27. The number of benzene rings is 2. The van der Waals surface area contributed by atoms with Crippen LogP contribution in [0.1, 0.15) is 13.3 Å². The van der Waals surface area contributed by atoms with Crippen LogP contribution in [0.4, 0.5) is 0 Å². The molecule has 7 nitrogen and oxygen atoms in total. The van der Waals surface area contributed by atoms with E-state index in [2.05, 4.69) is 15.3 Å². The van der Waals surface area contributed by atoms with E-state index in [4.69, 9.17) is 11.6 Å². The fraction of sp³-hybridized carbons (Fsp3) is 0.211. The Balaban J connectivity index is 1.75. The molecule has 142 valence electrons. The predicted octanol–water partition coefficient (Wildman–Crippen LogP) is 3.31. The number of hydrogen-bond acceptors (Lipinski definition) is 6. The van der Waals surface area contributed by atoms with Crippen molar-refractivity contribution in [2.24, 2.45) is 0 Å². The van der Waals surface area contributed by atoms with Crippen molar-refractivity contribution in [3.63, 3.8) is 0 Å². The summed E-state index contributed by atoms with van der Waals surface area (Å²) in [4.78, 5) is 30.1. The molecular formula is C19H16ClN5O2S. The molecule has 0 aliphatic rings. The molecule has 4 rings (SSSR count). The molecule has 4 aromatic rings. The summed E-state index contributed by atoms with van der Waals surface area (Å²) >= 11 is 7.32. The van der Waals surface area contributed by atoms with E-state index in [1.54, 1.807) is 41.0 Å². The van der Waals surface area contributed by atoms with Crippen molar-refractivity contribution < 1.29 is 0 Å². The van der Waals surface area contributed by atoms with Gasteiger partial charge in [0, 0.05) is 11.6 Å². The minimum absolute atomic E-state index is 0.122. The quantitative estimate of drug-likeness (QED) is 0.368. The lowest BCUT2D eigenvalue weighted by molar-refractivity contribution is 0.580. The molecule has 0 bridgehead atoms. The number of halogens is 1. The molecule has 2 heterocycles. The molecule has 0 aliphatic carbocycles. The Morgan fingerprint density at radius 3 is 2.64 bits per heavy atom. The van der Waals surface area contributed by atoms with Crippen molar-refractivity contribution in [3.05, 3.63) is 68.2 Å². The fourth-order valence-corrected chi connectivity index (χ4v) is 4.00. The number of thioether (sulfide) groups is 1. The van der Waals surface area contributed by atoms with Crippen molar-refractivity contribution >= 4 is 45.2 Å². The third kappa shape index (κ3) is 3.41. The zero-order valence-corrected chi connectivity index (χ0v) is 16.6. The highest BCUT2D eigenvalue weighted by Crippen LogP contribution is 2.21. The molecule has 0 aliphatic heterocycles. The van der Waals surface area contributed by atoms with E-state index in [0.717, 1.165) is 6.42 Å². The SMILES string of the molecule is CCCn1c(SCn2nnc3ccccc3c2=O)nc2cc(Cl)ccc2c1=O. The highest BCUT2D eigenvalue weighted by atomic mass is 35.5. The van der Waals surface area contributed by atoms with Gasteiger partial charge >= 0.3 is 0 Å². The molecule has 2 aromatic heterocycles. The number of rotatable bonds is 5. The Bertz CT molecular complexity index is 1300. The molecule has 2 aromatic carbocycles.